The van der Waals surface area contributed by atoms with Crippen molar-refractivity contribution in [3.05, 3.63) is 50.9 Å². The van der Waals surface area contributed by atoms with Crippen molar-refractivity contribution >= 4 is 31.9 Å². The van der Waals surface area contributed by atoms with E-state index in [1.807, 2.05) is 12.1 Å². The minimum atomic E-state index is 0.869. The van der Waals surface area contributed by atoms with Gasteiger partial charge in [-0.05, 0) is 33.6 Å². The molecule has 0 spiro atoms. The van der Waals surface area contributed by atoms with Gasteiger partial charge >= 0.3 is 0 Å². The highest BCUT2D eigenvalue weighted by atomic mass is 79.9. The molecule has 14 heavy (non-hydrogen) atoms. The zero-order valence-corrected chi connectivity index (χ0v) is 10.5. The molecule has 0 saturated carbocycles. The molecule has 4 heteroatoms. The maximum Gasteiger partial charge on any atom is 0.127 e. The molecule has 0 amide bonds. The summed E-state index contributed by atoms with van der Waals surface area (Å²) in [4.78, 5) is 7.18. The fourth-order valence-corrected chi connectivity index (χ4v) is 1.86. The number of aromatic amines is 1. The van der Waals surface area contributed by atoms with Gasteiger partial charge in [0.05, 0.1) is 12.0 Å². The Morgan fingerprint density at radius 1 is 1.14 bits per heavy atom. The van der Waals surface area contributed by atoms with Crippen LogP contribution in [-0.4, -0.2) is 9.97 Å². The van der Waals surface area contributed by atoms with Crippen LogP contribution < -0.4 is 0 Å². The molecular formula is C10H8Br2N2. The largest absolute Gasteiger partial charge is 0.347 e. The molecule has 1 heterocycles. The average Bonchev–Trinajstić information content (AvgIpc) is 2.56. The number of nitrogens with one attached hydrogen (secondary N) is 1. The third-order valence-corrected chi connectivity index (χ3v) is 3.17. The topological polar surface area (TPSA) is 28.7 Å². The van der Waals surface area contributed by atoms with E-state index >= 15 is 0 Å². The summed E-state index contributed by atoms with van der Waals surface area (Å²) in [5, 5.41) is 0. The Bertz CT molecular complexity index is 420. The van der Waals surface area contributed by atoms with E-state index in [1.54, 1.807) is 6.33 Å². The van der Waals surface area contributed by atoms with E-state index in [0.29, 0.717) is 0 Å². The van der Waals surface area contributed by atoms with Crippen molar-refractivity contribution in [3.63, 3.8) is 0 Å². The lowest BCUT2D eigenvalue weighted by atomic mass is 10.1. The number of nitrogens with zero attached hydrogens (tertiary/aromatic N) is 1. The van der Waals surface area contributed by atoms with Crippen molar-refractivity contribution in [3.8, 4) is 0 Å². The third-order valence-electron chi connectivity index (χ3n) is 1.96. The second-order valence-corrected chi connectivity index (χ2v) is 4.64. The van der Waals surface area contributed by atoms with Crippen LogP contribution in [0.4, 0.5) is 0 Å². The lowest BCUT2D eigenvalue weighted by Crippen LogP contribution is -1.88. The summed E-state index contributed by atoms with van der Waals surface area (Å²) in [7, 11) is 0. The number of H-pyrrole nitrogens is 1. The predicted octanol–water partition coefficient (Wildman–Crippen LogP) is 3.53. The molecule has 2 nitrogen and oxygen atoms in total. The van der Waals surface area contributed by atoms with E-state index in [9.17, 15) is 0 Å². The van der Waals surface area contributed by atoms with E-state index < -0.39 is 0 Å². The van der Waals surface area contributed by atoms with Gasteiger partial charge in [-0.3, -0.25) is 0 Å². The minimum absolute atomic E-state index is 0.869. The van der Waals surface area contributed by atoms with Gasteiger partial charge in [0.2, 0.25) is 0 Å². The molecule has 0 aliphatic heterocycles. The van der Waals surface area contributed by atoms with Crippen molar-refractivity contribution < 1.29 is 0 Å². The van der Waals surface area contributed by atoms with Crippen molar-refractivity contribution in [1.82, 2.24) is 9.97 Å². The van der Waals surface area contributed by atoms with Crippen LogP contribution in [0.2, 0.25) is 0 Å². The highest BCUT2D eigenvalue weighted by Gasteiger charge is 2.02. The zero-order valence-electron chi connectivity index (χ0n) is 7.30. The van der Waals surface area contributed by atoms with Crippen LogP contribution in [0, 0.1) is 0 Å². The molecule has 0 unspecified atom stereocenters. The third kappa shape index (κ3) is 2.25. The fourth-order valence-electron chi connectivity index (χ4n) is 1.23. The predicted molar refractivity (Wildman–Crippen MR) is 63.2 cm³/mol. The quantitative estimate of drug-likeness (QED) is 0.902. The van der Waals surface area contributed by atoms with Gasteiger partial charge in [-0.15, -0.1) is 0 Å². The first-order chi connectivity index (χ1) is 6.75. The summed E-state index contributed by atoms with van der Waals surface area (Å²) in [5.41, 5.74) is 2.37. The standard InChI is InChI=1S/C10H8Br2N2/c11-8-3-1-7(2-4-8)5-9-10(12)14-6-13-9/h1-4,6H,5H2,(H,13,14). The van der Waals surface area contributed by atoms with Gasteiger partial charge < -0.3 is 4.98 Å². The van der Waals surface area contributed by atoms with Crippen LogP contribution in [0.5, 0.6) is 0 Å². The van der Waals surface area contributed by atoms with Gasteiger partial charge in [-0.25, -0.2) is 4.98 Å². The fraction of sp³-hybridized carbons (Fsp3) is 0.100. The Morgan fingerprint density at radius 2 is 1.86 bits per heavy atom. The van der Waals surface area contributed by atoms with Crippen LogP contribution in [0.3, 0.4) is 0 Å². The smallest absolute Gasteiger partial charge is 0.127 e. The van der Waals surface area contributed by atoms with Gasteiger partial charge in [0.1, 0.15) is 4.60 Å². The number of benzene rings is 1. The zero-order chi connectivity index (χ0) is 9.97. The van der Waals surface area contributed by atoms with Crippen molar-refractivity contribution in [1.29, 1.82) is 0 Å². The molecule has 0 aliphatic carbocycles. The van der Waals surface area contributed by atoms with Crippen LogP contribution >= 0.6 is 31.9 Å². The normalized spacial score (nSPS) is 10.4. The van der Waals surface area contributed by atoms with Crippen molar-refractivity contribution in [2.75, 3.05) is 0 Å². The van der Waals surface area contributed by atoms with Gasteiger partial charge in [0.25, 0.3) is 0 Å². The minimum Gasteiger partial charge on any atom is -0.347 e. The summed E-state index contributed by atoms with van der Waals surface area (Å²) in [5.74, 6) is 0. The lowest BCUT2D eigenvalue weighted by molar-refractivity contribution is 1.10. The summed E-state index contributed by atoms with van der Waals surface area (Å²) in [6.45, 7) is 0. The Hall–Kier alpha value is -0.610. The van der Waals surface area contributed by atoms with E-state index in [-0.39, 0.29) is 0 Å². The monoisotopic (exact) mass is 314 g/mol. The molecule has 0 atom stereocenters. The maximum atomic E-state index is 4.08. The van der Waals surface area contributed by atoms with Crippen LogP contribution in [0.25, 0.3) is 0 Å². The molecule has 0 fully saturated rings. The van der Waals surface area contributed by atoms with Crippen LogP contribution in [-0.2, 0) is 6.42 Å². The molecule has 1 aromatic carbocycles. The number of halogens is 2. The Labute approximate surface area is 99.0 Å². The van der Waals surface area contributed by atoms with Gasteiger partial charge in [-0.1, -0.05) is 28.1 Å². The molecule has 0 saturated heterocycles. The van der Waals surface area contributed by atoms with Crippen molar-refractivity contribution in [2.24, 2.45) is 0 Å². The SMILES string of the molecule is Brc1ccc(Cc2[nH]cnc2Br)cc1. The number of imidazole rings is 1. The Kier molecular flexibility index (Phi) is 3.03. The van der Waals surface area contributed by atoms with E-state index in [2.05, 4.69) is 54.0 Å². The first kappa shape index (κ1) is 9.93. The summed E-state index contributed by atoms with van der Waals surface area (Å²) in [6, 6.07) is 8.27. The molecule has 1 aromatic heterocycles. The maximum absolute atomic E-state index is 4.08. The molecule has 2 rings (SSSR count). The van der Waals surface area contributed by atoms with Crippen LogP contribution in [0.15, 0.2) is 39.7 Å². The second kappa shape index (κ2) is 4.28. The number of hydrogen-bond donors (Lipinski definition) is 1. The van der Waals surface area contributed by atoms with Gasteiger partial charge in [0.15, 0.2) is 0 Å². The summed E-state index contributed by atoms with van der Waals surface area (Å²) >= 11 is 6.80. The highest BCUT2D eigenvalue weighted by Crippen LogP contribution is 2.17. The molecular weight excluding hydrogens is 308 g/mol. The Morgan fingerprint density at radius 3 is 2.43 bits per heavy atom. The summed E-state index contributed by atoms with van der Waals surface area (Å²) in [6.07, 6.45) is 2.56. The second-order valence-electron chi connectivity index (χ2n) is 2.98. The van der Waals surface area contributed by atoms with Crippen molar-refractivity contribution in [2.45, 2.75) is 6.42 Å². The first-order valence-electron chi connectivity index (χ1n) is 4.18. The summed E-state index contributed by atoms with van der Waals surface area (Å²) < 4.78 is 1.99. The molecule has 0 radical (unpaired) electrons. The lowest BCUT2D eigenvalue weighted by Gasteiger charge is -1.99. The van der Waals surface area contributed by atoms with Gasteiger partial charge in [-0.2, -0.15) is 0 Å². The number of aromatic nitrogens is 2. The first-order valence-corrected chi connectivity index (χ1v) is 5.76. The Balaban J connectivity index is 2.19. The number of rotatable bonds is 2. The average molecular weight is 316 g/mol. The van der Waals surface area contributed by atoms with E-state index in [0.717, 1.165) is 21.2 Å². The van der Waals surface area contributed by atoms with E-state index in [1.165, 1.54) is 5.56 Å². The van der Waals surface area contributed by atoms with Crippen LogP contribution in [0.1, 0.15) is 11.3 Å². The molecule has 0 aliphatic rings. The molecule has 2 aromatic rings. The van der Waals surface area contributed by atoms with E-state index in [4.69, 9.17) is 0 Å². The highest BCUT2D eigenvalue weighted by molar-refractivity contribution is 9.10. The van der Waals surface area contributed by atoms with Gasteiger partial charge in [0, 0.05) is 10.9 Å². The number of hydrogen-bond acceptors (Lipinski definition) is 1. The molecule has 72 valence electrons. The molecule has 1 N–H and O–H groups in total. The molecule has 0 bridgehead atoms.